The van der Waals surface area contributed by atoms with Crippen LogP contribution in [-0.2, 0) is 0 Å². The number of aromatic nitrogens is 2. The SMILES string of the molecule is COc1cn(-c2ccccc2)nc1C(=O)NCC(c1cccc(Cl)c1)N1CCCC1. The van der Waals surface area contributed by atoms with Crippen molar-refractivity contribution in [3.63, 3.8) is 0 Å². The fraction of sp³-hybridized carbons (Fsp3) is 0.304. The minimum absolute atomic E-state index is 0.0670. The Morgan fingerprint density at radius 3 is 2.63 bits per heavy atom. The smallest absolute Gasteiger partial charge is 0.275 e. The fourth-order valence-corrected chi connectivity index (χ4v) is 4.07. The molecule has 1 amide bonds. The fourth-order valence-electron chi connectivity index (χ4n) is 3.88. The number of likely N-dealkylation sites (tertiary alicyclic amines) is 1. The van der Waals surface area contributed by atoms with Crippen LogP contribution < -0.4 is 10.1 Å². The van der Waals surface area contributed by atoms with Crippen LogP contribution in [0.5, 0.6) is 5.75 Å². The highest BCUT2D eigenvalue weighted by Crippen LogP contribution is 2.27. The Bertz CT molecular complexity index is 999. The Morgan fingerprint density at radius 1 is 1.17 bits per heavy atom. The molecule has 1 atom stereocenters. The molecule has 0 radical (unpaired) electrons. The highest BCUT2D eigenvalue weighted by atomic mass is 35.5. The second-order valence-corrected chi connectivity index (χ2v) is 7.79. The quantitative estimate of drug-likeness (QED) is 0.620. The average Bonchev–Trinajstić information content (AvgIpc) is 3.45. The summed E-state index contributed by atoms with van der Waals surface area (Å²) in [5, 5.41) is 8.21. The summed E-state index contributed by atoms with van der Waals surface area (Å²) in [5.74, 6) is 0.185. The zero-order valence-corrected chi connectivity index (χ0v) is 17.7. The van der Waals surface area contributed by atoms with Crippen LogP contribution >= 0.6 is 11.6 Å². The molecule has 3 aromatic rings. The summed E-state index contributed by atoms with van der Waals surface area (Å²) >= 11 is 6.22. The molecule has 1 unspecified atom stereocenters. The van der Waals surface area contributed by atoms with Crippen molar-refractivity contribution in [3.05, 3.63) is 77.1 Å². The molecule has 2 aromatic carbocycles. The Hall–Kier alpha value is -2.83. The van der Waals surface area contributed by atoms with Crippen LogP contribution in [0.15, 0.2) is 60.8 Å². The molecule has 4 rings (SSSR count). The van der Waals surface area contributed by atoms with E-state index in [1.54, 1.807) is 18.0 Å². The van der Waals surface area contributed by atoms with Crippen LogP contribution in [0.3, 0.4) is 0 Å². The Kier molecular flexibility index (Phi) is 6.35. The van der Waals surface area contributed by atoms with Gasteiger partial charge in [0, 0.05) is 11.6 Å². The normalized spacial score (nSPS) is 15.1. The summed E-state index contributed by atoms with van der Waals surface area (Å²) in [6.45, 7) is 2.50. The number of amides is 1. The number of rotatable bonds is 7. The Morgan fingerprint density at radius 2 is 1.93 bits per heavy atom. The third-order valence-electron chi connectivity index (χ3n) is 5.41. The van der Waals surface area contributed by atoms with Gasteiger partial charge in [0.15, 0.2) is 11.4 Å². The van der Waals surface area contributed by atoms with E-state index in [9.17, 15) is 4.79 Å². The second kappa shape index (κ2) is 9.32. The van der Waals surface area contributed by atoms with Gasteiger partial charge in [-0.1, -0.05) is 41.9 Å². The van der Waals surface area contributed by atoms with Gasteiger partial charge in [-0.15, -0.1) is 0 Å². The van der Waals surface area contributed by atoms with Crippen molar-refractivity contribution in [1.82, 2.24) is 20.0 Å². The monoisotopic (exact) mass is 424 g/mol. The van der Waals surface area contributed by atoms with Gasteiger partial charge in [0.1, 0.15) is 0 Å². The zero-order valence-electron chi connectivity index (χ0n) is 16.9. The zero-order chi connectivity index (χ0) is 20.9. The van der Waals surface area contributed by atoms with Crippen LogP contribution in [-0.4, -0.2) is 47.3 Å². The number of ether oxygens (including phenoxy) is 1. The summed E-state index contributed by atoms with van der Waals surface area (Å²) in [4.78, 5) is 15.4. The summed E-state index contributed by atoms with van der Waals surface area (Å²) in [6.07, 6.45) is 4.06. The number of methoxy groups -OCH3 is 1. The third-order valence-corrected chi connectivity index (χ3v) is 5.64. The second-order valence-electron chi connectivity index (χ2n) is 7.35. The Balaban J connectivity index is 1.53. The molecule has 1 fully saturated rings. The first-order valence-electron chi connectivity index (χ1n) is 10.1. The molecule has 0 spiro atoms. The van der Waals surface area contributed by atoms with Crippen LogP contribution in [0.2, 0.25) is 5.02 Å². The van der Waals surface area contributed by atoms with Crippen molar-refractivity contribution < 1.29 is 9.53 Å². The van der Waals surface area contributed by atoms with Crippen LogP contribution in [0.4, 0.5) is 0 Å². The number of carbonyl (C=O) groups excluding carboxylic acids is 1. The van der Waals surface area contributed by atoms with Crippen molar-refractivity contribution in [3.8, 4) is 11.4 Å². The lowest BCUT2D eigenvalue weighted by Gasteiger charge is -2.28. The summed E-state index contributed by atoms with van der Waals surface area (Å²) < 4.78 is 7.06. The third kappa shape index (κ3) is 4.50. The van der Waals surface area contributed by atoms with Gasteiger partial charge in [0.2, 0.25) is 0 Å². The van der Waals surface area contributed by atoms with Crippen molar-refractivity contribution in [2.24, 2.45) is 0 Å². The van der Waals surface area contributed by atoms with E-state index in [0.717, 1.165) is 24.3 Å². The minimum atomic E-state index is -0.257. The van der Waals surface area contributed by atoms with Gasteiger partial charge >= 0.3 is 0 Å². The maximum Gasteiger partial charge on any atom is 0.275 e. The number of para-hydroxylation sites is 1. The van der Waals surface area contributed by atoms with Crippen LogP contribution in [0.25, 0.3) is 5.69 Å². The number of nitrogens with zero attached hydrogens (tertiary/aromatic N) is 3. The Labute approximate surface area is 181 Å². The molecule has 1 N–H and O–H groups in total. The molecular formula is C23H25ClN4O2. The number of benzene rings is 2. The van der Waals surface area contributed by atoms with E-state index >= 15 is 0 Å². The number of hydrogen-bond acceptors (Lipinski definition) is 4. The van der Waals surface area contributed by atoms with E-state index in [-0.39, 0.29) is 17.6 Å². The van der Waals surface area contributed by atoms with E-state index in [1.165, 1.54) is 12.8 Å². The maximum absolute atomic E-state index is 13.0. The van der Waals surface area contributed by atoms with Gasteiger partial charge in [-0.3, -0.25) is 9.69 Å². The van der Waals surface area contributed by atoms with Gasteiger partial charge in [0.25, 0.3) is 5.91 Å². The van der Waals surface area contributed by atoms with Crippen LogP contribution in [0.1, 0.15) is 34.9 Å². The topological polar surface area (TPSA) is 59.4 Å². The average molecular weight is 425 g/mol. The lowest BCUT2D eigenvalue weighted by molar-refractivity contribution is 0.0929. The predicted molar refractivity (Wildman–Crippen MR) is 117 cm³/mol. The molecule has 1 saturated heterocycles. The predicted octanol–water partition coefficient (Wildman–Crippen LogP) is 4.10. The van der Waals surface area contributed by atoms with Gasteiger partial charge in [-0.25, -0.2) is 4.68 Å². The van der Waals surface area contributed by atoms with Crippen LogP contribution in [0, 0.1) is 0 Å². The minimum Gasteiger partial charge on any atom is -0.493 e. The maximum atomic E-state index is 13.0. The first-order chi connectivity index (χ1) is 14.7. The lowest BCUT2D eigenvalue weighted by Crippen LogP contribution is -2.37. The van der Waals surface area contributed by atoms with E-state index in [2.05, 4.69) is 21.4 Å². The number of carbonyl (C=O) groups is 1. The van der Waals surface area contributed by atoms with Crippen molar-refractivity contribution in [2.45, 2.75) is 18.9 Å². The lowest BCUT2D eigenvalue weighted by atomic mass is 10.1. The summed E-state index contributed by atoms with van der Waals surface area (Å²) in [5.41, 5.74) is 2.24. The molecule has 2 heterocycles. The van der Waals surface area contributed by atoms with E-state index in [1.807, 2.05) is 48.5 Å². The standard InChI is InChI=1S/C23H25ClN4O2/c1-30-21-16-28(19-10-3-2-4-11-19)26-22(21)23(29)25-15-20(27-12-5-6-13-27)17-8-7-9-18(24)14-17/h2-4,7-11,14,16,20H,5-6,12-13,15H2,1H3,(H,25,29). The van der Waals surface area contributed by atoms with E-state index in [4.69, 9.17) is 16.3 Å². The van der Waals surface area contributed by atoms with E-state index in [0.29, 0.717) is 17.3 Å². The molecule has 0 bridgehead atoms. The molecular weight excluding hydrogens is 400 g/mol. The van der Waals surface area contributed by atoms with Crippen molar-refractivity contribution in [2.75, 3.05) is 26.7 Å². The van der Waals surface area contributed by atoms with E-state index < -0.39 is 0 Å². The number of hydrogen-bond donors (Lipinski definition) is 1. The first-order valence-corrected chi connectivity index (χ1v) is 10.5. The molecule has 30 heavy (non-hydrogen) atoms. The molecule has 1 aliphatic heterocycles. The molecule has 6 nitrogen and oxygen atoms in total. The molecule has 7 heteroatoms. The van der Waals surface area contributed by atoms with Gasteiger partial charge in [0.05, 0.1) is 25.0 Å². The summed E-state index contributed by atoms with van der Waals surface area (Å²) in [7, 11) is 1.54. The summed E-state index contributed by atoms with van der Waals surface area (Å²) in [6, 6.07) is 17.6. The largest absolute Gasteiger partial charge is 0.493 e. The molecule has 0 aliphatic carbocycles. The van der Waals surface area contributed by atoms with Crippen molar-refractivity contribution >= 4 is 17.5 Å². The first kappa shape index (κ1) is 20.4. The van der Waals surface area contributed by atoms with Gasteiger partial charge in [-0.2, -0.15) is 5.10 Å². The molecule has 1 aliphatic rings. The van der Waals surface area contributed by atoms with Gasteiger partial charge in [-0.05, 0) is 55.8 Å². The number of nitrogens with one attached hydrogen (secondary N) is 1. The highest BCUT2D eigenvalue weighted by molar-refractivity contribution is 6.30. The van der Waals surface area contributed by atoms with Crippen molar-refractivity contribution in [1.29, 1.82) is 0 Å². The molecule has 1 aromatic heterocycles. The highest BCUT2D eigenvalue weighted by Gasteiger charge is 2.26. The molecule has 156 valence electrons. The molecule has 0 saturated carbocycles. The number of halogens is 1. The van der Waals surface area contributed by atoms with Gasteiger partial charge < -0.3 is 10.1 Å².